The highest BCUT2D eigenvalue weighted by Crippen LogP contribution is 2.22. The molecular weight excluding hydrogens is 386 g/mol. The second kappa shape index (κ2) is 9.77. The summed E-state index contributed by atoms with van der Waals surface area (Å²) in [5.41, 5.74) is 2.73. The van der Waals surface area contributed by atoms with E-state index in [1.807, 2.05) is 0 Å². The van der Waals surface area contributed by atoms with Crippen molar-refractivity contribution in [2.24, 2.45) is 0 Å². The van der Waals surface area contributed by atoms with Crippen LogP contribution in [0.3, 0.4) is 0 Å². The lowest BCUT2D eigenvalue weighted by atomic mass is 10.0. The van der Waals surface area contributed by atoms with E-state index in [-0.39, 0.29) is 12.3 Å². The predicted octanol–water partition coefficient (Wildman–Crippen LogP) is 1.56. The smallest absolute Gasteiger partial charge is 0.231 e. The van der Waals surface area contributed by atoms with Crippen LogP contribution >= 0.6 is 0 Å². The number of amides is 1. The van der Waals surface area contributed by atoms with Crippen molar-refractivity contribution < 1.29 is 20.1 Å². The van der Waals surface area contributed by atoms with Crippen LogP contribution in [-0.2, 0) is 4.79 Å². The van der Waals surface area contributed by atoms with Crippen molar-refractivity contribution in [3.8, 4) is 16.9 Å². The number of aromatic hydroxyl groups is 1. The molecule has 0 spiro atoms. The Morgan fingerprint density at radius 3 is 2.27 bits per heavy atom. The summed E-state index contributed by atoms with van der Waals surface area (Å²) in [6, 6.07) is 10.1. The maximum atomic E-state index is 12.2. The SMILES string of the molecule is CC(O)CNC(=O)C(CO)c1ccc(Nc2ncc(-c3ccc(O)cc3)cn2)cn1. The van der Waals surface area contributed by atoms with Crippen molar-refractivity contribution in [2.75, 3.05) is 18.5 Å². The van der Waals surface area contributed by atoms with Gasteiger partial charge in [0.05, 0.1) is 30.3 Å². The number of phenols is 1. The Hall–Kier alpha value is -3.56. The van der Waals surface area contributed by atoms with Gasteiger partial charge in [0.25, 0.3) is 0 Å². The fourth-order valence-electron chi connectivity index (χ4n) is 2.69. The van der Waals surface area contributed by atoms with Crippen LogP contribution in [0.15, 0.2) is 55.0 Å². The number of hydrogen-bond donors (Lipinski definition) is 5. The van der Waals surface area contributed by atoms with E-state index in [4.69, 9.17) is 0 Å². The van der Waals surface area contributed by atoms with Gasteiger partial charge < -0.3 is 26.0 Å². The summed E-state index contributed by atoms with van der Waals surface area (Å²) in [4.78, 5) is 24.9. The lowest BCUT2D eigenvalue weighted by molar-refractivity contribution is -0.123. The summed E-state index contributed by atoms with van der Waals surface area (Å²) in [6.07, 6.45) is 4.18. The molecule has 2 atom stereocenters. The highest BCUT2D eigenvalue weighted by atomic mass is 16.3. The van der Waals surface area contributed by atoms with Gasteiger partial charge in [0.15, 0.2) is 0 Å². The molecule has 9 heteroatoms. The van der Waals surface area contributed by atoms with Crippen molar-refractivity contribution in [1.82, 2.24) is 20.3 Å². The predicted molar refractivity (Wildman–Crippen MR) is 111 cm³/mol. The van der Waals surface area contributed by atoms with Crippen LogP contribution in [0.4, 0.5) is 11.6 Å². The van der Waals surface area contributed by atoms with Gasteiger partial charge in [-0.3, -0.25) is 9.78 Å². The average Bonchev–Trinajstić information content (AvgIpc) is 2.75. The normalized spacial score (nSPS) is 12.8. The van der Waals surface area contributed by atoms with E-state index in [1.165, 1.54) is 6.20 Å². The largest absolute Gasteiger partial charge is 0.508 e. The monoisotopic (exact) mass is 409 g/mol. The number of carbonyl (C=O) groups excluding carboxylic acids is 1. The van der Waals surface area contributed by atoms with Crippen molar-refractivity contribution >= 4 is 17.5 Å². The lowest BCUT2D eigenvalue weighted by Crippen LogP contribution is -2.36. The van der Waals surface area contributed by atoms with Gasteiger partial charge in [0.2, 0.25) is 11.9 Å². The number of anilines is 2. The molecule has 0 saturated carbocycles. The van der Waals surface area contributed by atoms with Gasteiger partial charge in [0.1, 0.15) is 11.7 Å². The van der Waals surface area contributed by atoms with Gasteiger partial charge >= 0.3 is 0 Å². The summed E-state index contributed by atoms with van der Waals surface area (Å²) in [5.74, 6) is -0.656. The van der Waals surface area contributed by atoms with Gasteiger partial charge in [-0.05, 0) is 36.8 Å². The Balaban J connectivity index is 1.65. The van der Waals surface area contributed by atoms with E-state index in [0.29, 0.717) is 17.3 Å². The molecule has 2 unspecified atom stereocenters. The third-order valence-corrected chi connectivity index (χ3v) is 4.32. The molecule has 0 aliphatic rings. The summed E-state index contributed by atoms with van der Waals surface area (Å²) in [6.45, 7) is 1.27. The van der Waals surface area contributed by atoms with E-state index >= 15 is 0 Å². The second-order valence-corrected chi connectivity index (χ2v) is 6.77. The average molecular weight is 409 g/mol. The van der Waals surface area contributed by atoms with Crippen LogP contribution in [0.2, 0.25) is 0 Å². The van der Waals surface area contributed by atoms with Gasteiger partial charge in [-0.1, -0.05) is 12.1 Å². The van der Waals surface area contributed by atoms with E-state index < -0.39 is 24.5 Å². The fourth-order valence-corrected chi connectivity index (χ4v) is 2.69. The van der Waals surface area contributed by atoms with Crippen molar-refractivity contribution in [1.29, 1.82) is 0 Å². The Morgan fingerprint density at radius 1 is 1.00 bits per heavy atom. The minimum absolute atomic E-state index is 0.104. The van der Waals surface area contributed by atoms with E-state index in [9.17, 15) is 20.1 Å². The van der Waals surface area contributed by atoms with Gasteiger partial charge in [-0.15, -0.1) is 0 Å². The second-order valence-electron chi connectivity index (χ2n) is 6.77. The summed E-state index contributed by atoms with van der Waals surface area (Å²) in [7, 11) is 0. The molecule has 0 bridgehead atoms. The molecule has 9 nitrogen and oxygen atoms in total. The molecule has 30 heavy (non-hydrogen) atoms. The van der Waals surface area contributed by atoms with Crippen molar-refractivity contribution in [3.05, 3.63) is 60.7 Å². The number of aromatic nitrogens is 3. The molecule has 156 valence electrons. The van der Waals surface area contributed by atoms with Crippen LogP contribution in [0.1, 0.15) is 18.5 Å². The first-order valence-electron chi connectivity index (χ1n) is 9.37. The minimum Gasteiger partial charge on any atom is -0.508 e. The maximum absolute atomic E-state index is 12.2. The number of benzene rings is 1. The Bertz CT molecular complexity index is 960. The van der Waals surface area contributed by atoms with E-state index in [0.717, 1.165) is 11.1 Å². The number of hydrogen-bond acceptors (Lipinski definition) is 8. The fraction of sp³-hybridized carbons (Fsp3) is 0.238. The Kier molecular flexibility index (Phi) is 6.89. The molecule has 1 amide bonds. The number of carbonyl (C=O) groups is 1. The number of rotatable bonds is 8. The molecule has 2 heterocycles. The van der Waals surface area contributed by atoms with Gasteiger partial charge in [-0.25, -0.2) is 9.97 Å². The molecular formula is C21H23N5O4. The van der Waals surface area contributed by atoms with Crippen LogP contribution in [0.25, 0.3) is 11.1 Å². The van der Waals surface area contributed by atoms with E-state index in [2.05, 4.69) is 25.6 Å². The lowest BCUT2D eigenvalue weighted by Gasteiger charge is -2.15. The number of aliphatic hydroxyl groups is 2. The number of aliphatic hydroxyl groups excluding tert-OH is 2. The van der Waals surface area contributed by atoms with Crippen molar-refractivity contribution in [2.45, 2.75) is 18.9 Å². The zero-order valence-electron chi connectivity index (χ0n) is 16.4. The van der Waals surface area contributed by atoms with Crippen molar-refractivity contribution in [3.63, 3.8) is 0 Å². The number of nitrogens with zero attached hydrogens (tertiary/aromatic N) is 3. The minimum atomic E-state index is -0.821. The highest BCUT2D eigenvalue weighted by Gasteiger charge is 2.21. The number of pyridine rings is 1. The highest BCUT2D eigenvalue weighted by molar-refractivity contribution is 5.83. The summed E-state index contributed by atoms with van der Waals surface area (Å²) < 4.78 is 0. The molecule has 0 aliphatic carbocycles. The molecule has 3 aromatic rings. The maximum Gasteiger partial charge on any atom is 0.231 e. The van der Waals surface area contributed by atoms with Crippen LogP contribution < -0.4 is 10.6 Å². The number of phenolic OH excluding ortho intramolecular Hbond substituents is 1. The number of nitrogens with one attached hydrogen (secondary N) is 2. The van der Waals surface area contributed by atoms with Crippen LogP contribution in [0.5, 0.6) is 5.75 Å². The Morgan fingerprint density at radius 2 is 1.70 bits per heavy atom. The standard InChI is InChI=1S/C21H23N5O4/c1-13(28)8-23-20(30)18(12-27)19-7-4-16(11-22-19)26-21-24-9-15(10-25-21)14-2-5-17(29)6-3-14/h2-7,9-11,13,18,27-29H,8,12H2,1H3,(H,23,30)(H,24,25,26). The Labute approximate surface area is 173 Å². The van der Waals surface area contributed by atoms with Gasteiger partial charge in [0, 0.05) is 24.5 Å². The van der Waals surface area contributed by atoms with E-state index in [1.54, 1.807) is 55.7 Å². The summed E-state index contributed by atoms with van der Waals surface area (Å²) in [5, 5.41) is 33.8. The molecule has 0 fully saturated rings. The molecule has 2 aromatic heterocycles. The third-order valence-electron chi connectivity index (χ3n) is 4.32. The molecule has 0 aliphatic heterocycles. The molecule has 0 radical (unpaired) electrons. The molecule has 1 aromatic carbocycles. The van der Waals surface area contributed by atoms with Gasteiger partial charge in [-0.2, -0.15) is 0 Å². The topological polar surface area (TPSA) is 140 Å². The first-order valence-corrected chi connectivity index (χ1v) is 9.37. The quantitative estimate of drug-likeness (QED) is 0.378. The van der Waals surface area contributed by atoms with Crippen LogP contribution in [0, 0.1) is 0 Å². The zero-order chi connectivity index (χ0) is 21.5. The first kappa shape index (κ1) is 21.2. The zero-order valence-corrected chi connectivity index (χ0v) is 16.4. The van der Waals surface area contributed by atoms with Crippen LogP contribution in [-0.4, -0.2) is 55.4 Å². The molecule has 0 saturated heterocycles. The molecule has 5 N–H and O–H groups in total. The first-order chi connectivity index (χ1) is 14.5. The summed E-state index contributed by atoms with van der Waals surface area (Å²) >= 11 is 0. The molecule has 3 rings (SSSR count). The third kappa shape index (κ3) is 5.49.